The minimum absolute atomic E-state index is 0.259. The summed E-state index contributed by atoms with van der Waals surface area (Å²) in [4.78, 5) is 13.8. The molecule has 0 amide bonds. The largest absolute Gasteiger partial charge is 0.235 e. The summed E-state index contributed by atoms with van der Waals surface area (Å²) < 4.78 is 0. The normalized spacial score (nSPS) is 18.9. The van der Waals surface area contributed by atoms with Crippen LogP contribution >= 0.6 is 0 Å². The Kier molecular flexibility index (Phi) is 2.95. The molecule has 0 heterocycles. The van der Waals surface area contributed by atoms with Gasteiger partial charge in [0.05, 0.1) is 0 Å². The second-order valence-electron chi connectivity index (χ2n) is 3.56. The number of rotatable bonds is 2. The summed E-state index contributed by atoms with van der Waals surface area (Å²) in [5.74, 6) is 0. The van der Waals surface area contributed by atoms with Crippen LogP contribution in [-0.2, 0) is 4.79 Å². The fraction of sp³-hybridized carbons (Fsp3) is 0.0714. The lowest BCUT2D eigenvalue weighted by atomic mass is 9.94. The van der Waals surface area contributed by atoms with Crippen LogP contribution in [-0.4, -0.2) is 12.1 Å². The number of nitrogens with zero attached hydrogens (tertiary/aromatic N) is 1. The lowest BCUT2D eigenvalue weighted by molar-refractivity contribution is 0.562. The van der Waals surface area contributed by atoms with Crippen molar-refractivity contribution in [2.45, 2.75) is 6.04 Å². The van der Waals surface area contributed by atoms with Crippen molar-refractivity contribution in [1.82, 2.24) is 0 Å². The van der Waals surface area contributed by atoms with E-state index in [4.69, 9.17) is 0 Å². The molecular weight excluding hydrogens is 198 g/mol. The molecular formula is C14H11NO. The number of carbonyl (C=O) groups excluding carboxylic acids is 1. The smallest absolute Gasteiger partial charge is 0.211 e. The maximum Gasteiger partial charge on any atom is 0.235 e. The minimum atomic E-state index is -0.259. The van der Waals surface area contributed by atoms with Crippen molar-refractivity contribution in [2.24, 2.45) is 4.99 Å². The lowest BCUT2D eigenvalue weighted by Crippen LogP contribution is -2.05. The molecule has 2 nitrogen and oxygen atoms in total. The van der Waals surface area contributed by atoms with Gasteiger partial charge >= 0.3 is 0 Å². The zero-order valence-corrected chi connectivity index (χ0v) is 8.76. The molecule has 2 rings (SSSR count). The SMILES string of the molecule is C=C1C=C(c2ccccc2)C=CC1N=C=O. The van der Waals surface area contributed by atoms with Crippen LogP contribution in [0.25, 0.3) is 5.57 Å². The molecule has 0 aromatic heterocycles. The highest BCUT2D eigenvalue weighted by atomic mass is 16.1. The van der Waals surface area contributed by atoms with Crippen LogP contribution in [0.3, 0.4) is 0 Å². The first-order chi connectivity index (χ1) is 7.81. The number of hydrogen-bond acceptors (Lipinski definition) is 2. The highest BCUT2D eigenvalue weighted by molar-refractivity contribution is 5.78. The Morgan fingerprint density at radius 1 is 1.25 bits per heavy atom. The molecule has 0 N–H and O–H groups in total. The zero-order chi connectivity index (χ0) is 11.4. The molecule has 78 valence electrons. The van der Waals surface area contributed by atoms with Crippen molar-refractivity contribution in [3.8, 4) is 0 Å². The van der Waals surface area contributed by atoms with Gasteiger partial charge in [0, 0.05) is 0 Å². The Labute approximate surface area is 94.3 Å². The van der Waals surface area contributed by atoms with E-state index >= 15 is 0 Å². The van der Waals surface area contributed by atoms with E-state index in [2.05, 4.69) is 11.6 Å². The van der Waals surface area contributed by atoms with Gasteiger partial charge in [-0.2, -0.15) is 4.99 Å². The summed E-state index contributed by atoms with van der Waals surface area (Å²) in [5.41, 5.74) is 3.03. The number of benzene rings is 1. The summed E-state index contributed by atoms with van der Waals surface area (Å²) in [7, 11) is 0. The number of isocyanates is 1. The third kappa shape index (κ3) is 2.08. The number of aliphatic imine (C=N–C) groups is 1. The van der Waals surface area contributed by atoms with E-state index in [0.29, 0.717) is 0 Å². The molecule has 0 fully saturated rings. The Balaban J connectivity index is 2.29. The van der Waals surface area contributed by atoms with Crippen LogP contribution < -0.4 is 0 Å². The van der Waals surface area contributed by atoms with Gasteiger partial charge < -0.3 is 0 Å². The van der Waals surface area contributed by atoms with Crippen LogP contribution in [0.5, 0.6) is 0 Å². The first-order valence-electron chi connectivity index (χ1n) is 5.02. The standard InChI is InChI=1S/C14H11NO/c1-11-9-13(7-8-14(11)15-10-16)12-5-3-2-4-6-12/h2-9,14H,1H2. The molecule has 1 aromatic rings. The van der Waals surface area contributed by atoms with Gasteiger partial charge in [-0.1, -0.05) is 49.1 Å². The van der Waals surface area contributed by atoms with E-state index in [1.54, 1.807) is 6.08 Å². The van der Waals surface area contributed by atoms with E-state index in [1.807, 2.05) is 48.6 Å². The maximum absolute atomic E-state index is 10.2. The van der Waals surface area contributed by atoms with Crippen LogP contribution in [0.2, 0.25) is 0 Å². The van der Waals surface area contributed by atoms with E-state index in [-0.39, 0.29) is 6.04 Å². The van der Waals surface area contributed by atoms with Crippen molar-refractivity contribution in [1.29, 1.82) is 0 Å². The topological polar surface area (TPSA) is 29.4 Å². The first kappa shape index (κ1) is 10.3. The van der Waals surface area contributed by atoms with Crippen molar-refractivity contribution >= 4 is 11.7 Å². The average molecular weight is 209 g/mol. The second kappa shape index (κ2) is 4.56. The Morgan fingerprint density at radius 3 is 2.62 bits per heavy atom. The van der Waals surface area contributed by atoms with E-state index in [9.17, 15) is 4.79 Å². The monoisotopic (exact) mass is 209 g/mol. The molecule has 1 unspecified atom stereocenters. The Hall–Kier alpha value is -2.18. The van der Waals surface area contributed by atoms with Crippen LogP contribution in [0.1, 0.15) is 5.56 Å². The molecule has 1 aliphatic carbocycles. The van der Waals surface area contributed by atoms with Crippen molar-refractivity contribution in [2.75, 3.05) is 0 Å². The summed E-state index contributed by atoms with van der Waals surface area (Å²) in [6.45, 7) is 3.89. The van der Waals surface area contributed by atoms with Crippen LogP contribution in [0.4, 0.5) is 0 Å². The predicted octanol–water partition coefficient (Wildman–Crippen LogP) is 2.90. The maximum atomic E-state index is 10.2. The van der Waals surface area contributed by atoms with Gasteiger partial charge in [-0.15, -0.1) is 0 Å². The van der Waals surface area contributed by atoms with Gasteiger partial charge in [0.2, 0.25) is 6.08 Å². The van der Waals surface area contributed by atoms with Gasteiger partial charge in [0.25, 0.3) is 0 Å². The molecule has 0 spiro atoms. The van der Waals surface area contributed by atoms with Crippen molar-refractivity contribution in [3.63, 3.8) is 0 Å². The second-order valence-corrected chi connectivity index (χ2v) is 3.56. The van der Waals surface area contributed by atoms with E-state index in [0.717, 1.165) is 16.7 Å². The highest BCUT2D eigenvalue weighted by Crippen LogP contribution is 2.24. The number of hydrogen-bond donors (Lipinski definition) is 0. The molecule has 1 atom stereocenters. The van der Waals surface area contributed by atoms with Crippen LogP contribution in [0.15, 0.2) is 65.7 Å². The predicted molar refractivity (Wildman–Crippen MR) is 64.6 cm³/mol. The molecule has 0 saturated carbocycles. The lowest BCUT2D eigenvalue weighted by Gasteiger charge is -2.13. The fourth-order valence-corrected chi connectivity index (χ4v) is 1.64. The van der Waals surface area contributed by atoms with Gasteiger partial charge in [0.1, 0.15) is 6.04 Å². The summed E-state index contributed by atoms with van der Waals surface area (Å²) in [5, 5.41) is 0. The Bertz CT molecular complexity index is 505. The summed E-state index contributed by atoms with van der Waals surface area (Å²) >= 11 is 0. The summed E-state index contributed by atoms with van der Waals surface area (Å²) in [6.07, 6.45) is 7.31. The van der Waals surface area contributed by atoms with Gasteiger partial charge in [0.15, 0.2) is 0 Å². The van der Waals surface area contributed by atoms with Crippen molar-refractivity contribution < 1.29 is 4.79 Å². The third-order valence-electron chi connectivity index (χ3n) is 2.48. The van der Waals surface area contributed by atoms with Gasteiger partial charge in [-0.05, 0) is 22.8 Å². The summed E-state index contributed by atoms with van der Waals surface area (Å²) in [6, 6.07) is 9.76. The minimum Gasteiger partial charge on any atom is -0.211 e. The zero-order valence-electron chi connectivity index (χ0n) is 8.76. The van der Waals surface area contributed by atoms with Gasteiger partial charge in [-0.3, -0.25) is 0 Å². The average Bonchev–Trinajstić information content (AvgIpc) is 2.33. The molecule has 1 aliphatic rings. The molecule has 0 radical (unpaired) electrons. The fourth-order valence-electron chi connectivity index (χ4n) is 1.64. The molecule has 16 heavy (non-hydrogen) atoms. The highest BCUT2D eigenvalue weighted by Gasteiger charge is 2.11. The first-order valence-corrected chi connectivity index (χ1v) is 5.02. The third-order valence-corrected chi connectivity index (χ3v) is 2.48. The van der Waals surface area contributed by atoms with Crippen LogP contribution in [0, 0.1) is 0 Å². The molecule has 2 heteroatoms. The van der Waals surface area contributed by atoms with E-state index in [1.165, 1.54) is 0 Å². The Morgan fingerprint density at radius 2 is 2.00 bits per heavy atom. The molecule has 1 aromatic carbocycles. The van der Waals surface area contributed by atoms with E-state index < -0.39 is 0 Å². The van der Waals surface area contributed by atoms with Crippen molar-refractivity contribution in [3.05, 3.63) is 66.3 Å². The molecule has 0 bridgehead atoms. The molecule has 0 aliphatic heterocycles. The molecule has 0 saturated heterocycles. The quantitative estimate of drug-likeness (QED) is 0.544. The number of allylic oxidation sites excluding steroid dienone is 2. The van der Waals surface area contributed by atoms with Gasteiger partial charge in [-0.25, -0.2) is 4.79 Å².